The summed E-state index contributed by atoms with van der Waals surface area (Å²) >= 11 is 0. The standard InChI is InChI=1S/C16H23N3O3/c1-10-6-13(16(17)21)14(18-11(10)2)7-12-8-15(20)19(9-12)4-5-22-3/h6,12H,4-5,7-9H2,1-3H3,(H2,17,21). The number of carbonyl (C=O) groups excluding carboxylic acids is 2. The Morgan fingerprint density at radius 2 is 2.23 bits per heavy atom. The number of amides is 2. The molecule has 1 aliphatic heterocycles. The summed E-state index contributed by atoms with van der Waals surface area (Å²) in [5.41, 5.74) is 8.45. The molecule has 0 bridgehead atoms. The van der Waals surface area contributed by atoms with Crippen LogP contribution in [0.2, 0.25) is 0 Å². The van der Waals surface area contributed by atoms with E-state index in [9.17, 15) is 9.59 Å². The van der Waals surface area contributed by atoms with Crippen LogP contribution in [0.25, 0.3) is 0 Å². The summed E-state index contributed by atoms with van der Waals surface area (Å²) in [7, 11) is 1.62. The number of carbonyl (C=O) groups is 2. The first kappa shape index (κ1) is 16.4. The first-order valence-electron chi connectivity index (χ1n) is 7.46. The quantitative estimate of drug-likeness (QED) is 0.843. The number of primary amides is 1. The predicted molar refractivity (Wildman–Crippen MR) is 82.5 cm³/mol. The van der Waals surface area contributed by atoms with Gasteiger partial charge in [0.05, 0.1) is 17.9 Å². The fourth-order valence-corrected chi connectivity index (χ4v) is 2.81. The molecule has 0 aliphatic carbocycles. The highest BCUT2D eigenvalue weighted by molar-refractivity contribution is 5.94. The van der Waals surface area contributed by atoms with Crippen LogP contribution in [0.15, 0.2) is 6.07 Å². The number of nitrogens with two attached hydrogens (primary N) is 1. The van der Waals surface area contributed by atoms with Gasteiger partial charge in [-0.1, -0.05) is 0 Å². The second-order valence-electron chi connectivity index (χ2n) is 5.86. The van der Waals surface area contributed by atoms with Gasteiger partial charge in [0.1, 0.15) is 0 Å². The monoisotopic (exact) mass is 305 g/mol. The number of hydrogen-bond acceptors (Lipinski definition) is 4. The highest BCUT2D eigenvalue weighted by atomic mass is 16.5. The molecule has 1 atom stereocenters. The van der Waals surface area contributed by atoms with Crippen molar-refractivity contribution in [2.75, 3.05) is 26.8 Å². The van der Waals surface area contributed by atoms with Crippen LogP contribution in [0.5, 0.6) is 0 Å². The molecule has 0 saturated carbocycles. The average Bonchev–Trinajstić information content (AvgIpc) is 2.80. The van der Waals surface area contributed by atoms with E-state index in [-0.39, 0.29) is 11.8 Å². The minimum Gasteiger partial charge on any atom is -0.383 e. The maximum atomic E-state index is 12.0. The lowest BCUT2D eigenvalue weighted by atomic mass is 9.97. The number of methoxy groups -OCH3 is 1. The molecule has 6 nitrogen and oxygen atoms in total. The van der Waals surface area contributed by atoms with Crippen LogP contribution in [-0.2, 0) is 16.0 Å². The lowest BCUT2D eigenvalue weighted by molar-refractivity contribution is -0.128. The van der Waals surface area contributed by atoms with Gasteiger partial charge in [-0.3, -0.25) is 14.6 Å². The van der Waals surface area contributed by atoms with Gasteiger partial charge in [-0.15, -0.1) is 0 Å². The zero-order valence-electron chi connectivity index (χ0n) is 13.4. The molecule has 6 heteroatoms. The van der Waals surface area contributed by atoms with E-state index in [0.717, 1.165) is 11.3 Å². The van der Waals surface area contributed by atoms with Crippen molar-refractivity contribution in [1.29, 1.82) is 0 Å². The van der Waals surface area contributed by atoms with Crippen LogP contribution < -0.4 is 5.73 Å². The predicted octanol–water partition coefficient (Wildman–Crippen LogP) is 0.835. The van der Waals surface area contributed by atoms with Crippen molar-refractivity contribution in [2.24, 2.45) is 11.7 Å². The number of rotatable bonds is 6. The van der Waals surface area contributed by atoms with Gasteiger partial charge in [-0.2, -0.15) is 0 Å². The summed E-state index contributed by atoms with van der Waals surface area (Å²) in [4.78, 5) is 29.9. The van der Waals surface area contributed by atoms with E-state index in [4.69, 9.17) is 10.5 Å². The summed E-state index contributed by atoms with van der Waals surface area (Å²) in [6, 6.07) is 1.79. The molecule has 2 amide bonds. The van der Waals surface area contributed by atoms with E-state index in [0.29, 0.717) is 43.8 Å². The molecule has 1 unspecified atom stereocenters. The van der Waals surface area contributed by atoms with E-state index in [1.807, 2.05) is 13.8 Å². The first-order valence-corrected chi connectivity index (χ1v) is 7.46. The average molecular weight is 305 g/mol. The third-order valence-electron chi connectivity index (χ3n) is 4.15. The Morgan fingerprint density at radius 1 is 1.50 bits per heavy atom. The third-order valence-corrected chi connectivity index (χ3v) is 4.15. The van der Waals surface area contributed by atoms with Gasteiger partial charge in [0, 0.05) is 32.3 Å². The van der Waals surface area contributed by atoms with Gasteiger partial charge in [-0.05, 0) is 37.8 Å². The largest absolute Gasteiger partial charge is 0.383 e. The van der Waals surface area contributed by atoms with E-state index in [2.05, 4.69) is 4.98 Å². The number of aryl methyl sites for hydroxylation is 2. The minimum absolute atomic E-state index is 0.131. The fraction of sp³-hybridized carbons (Fsp3) is 0.562. The van der Waals surface area contributed by atoms with E-state index >= 15 is 0 Å². The number of pyridine rings is 1. The number of aromatic nitrogens is 1. The Bertz CT molecular complexity index is 586. The van der Waals surface area contributed by atoms with E-state index in [1.165, 1.54) is 0 Å². The van der Waals surface area contributed by atoms with Crippen LogP contribution >= 0.6 is 0 Å². The fourth-order valence-electron chi connectivity index (χ4n) is 2.81. The van der Waals surface area contributed by atoms with Crippen molar-refractivity contribution in [3.05, 3.63) is 28.6 Å². The topological polar surface area (TPSA) is 85.5 Å². The minimum atomic E-state index is -0.467. The Kier molecular flexibility index (Phi) is 5.13. The molecule has 22 heavy (non-hydrogen) atoms. The van der Waals surface area contributed by atoms with E-state index in [1.54, 1.807) is 18.1 Å². The van der Waals surface area contributed by atoms with Gasteiger partial charge >= 0.3 is 0 Å². The lowest BCUT2D eigenvalue weighted by Gasteiger charge is -2.16. The van der Waals surface area contributed by atoms with Crippen LogP contribution in [0, 0.1) is 19.8 Å². The van der Waals surface area contributed by atoms with Gasteiger partial charge in [-0.25, -0.2) is 0 Å². The maximum absolute atomic E-state index is 12.0. The lowest BCUT2D eigenvalue weighted by Crippen LogP contribution is -2.29. The van der Waals surface area contributed by atoms with Crippen molar-refractivity contribution < 1.29 is 14.3 Å². The zero-order chi connectivity index (χ0) is 16.3. The molecule has 120 valence electrons. The summed E-state index contributed by atoms with van der Waals surface area (Å²) in [5, 5.41) is 0. The molecule has 2 heterocycles. The smallest absolute Gasteiger partial charge is 0.250 e. The molecule has 2 rings (SSSR count). The Labute approximate surface area is 130 Å². The summed E-state index contributed by atoms with van der Waals surface area (Å²) in [6.07, 6.45) is 1.07. The van der Waals surface area contributed by atoms with Gasteiger partial charge in [0.25, 0.3) is 5.91 Å². The zero-order valence-corrected chi connectivity index (χ0v) is 13.4. The van der Waals surface area contributed by atoms with Crippen LogP contribution in [0.1, 0.15) is 33.7 Å². The molecule has 1 aromatic heterocycles. The molecule has 1 aliphatic rings. The van der Waals surface area contributed by atoms with Crippen LogP contribution in [0.3, 0.4) is 0 Å². The Hall–Kier alpha value is -1.95. The van der Waals surface area contributed by atoms with Crippen molar-refractivity contribution in [1.82, 2.24) is 9.88 Å². The normalized spacial score (nSPS) is 18.0. The molecule has 0 aromatic carbocycles. The molecule has 1 aromatic rings. The van der Waals surface area contributed by atoms with Gasteiger partial charge in [0.15, 0.2) is 0 Å². The number of hydrogen-bond donors (Lipinski definition) is 1. The van der Waals surface area contributed by atoms with Gasteiger partial charge in [0.2, 0.25) is 5.91 Å². The second-order valence-corrected chi connectivity index (χ2v) is 5.86. The van der Waals surface area contributed by atoms with Crippen molar-refractivity contribution >= 4 is 11.8 Å². The van der Waals surface area contributed by atoms with Crippen molar-refractivity contribution in [3.63, 3.8) is 0 Å². The number of ether oxygens (including phenoxy) is 1. The van der Waals surface area contributed by atoms with Crippen molar-refractivity contribution in [2.45, 2.75) is 26.7 Å². The van der Waals surface area contributed by atoms with E-state index < -0.39 is 5.91 Å². The van der Waals surface area contributed by atoms with Crippen molar-refractivity contribution in [3.8, 4) is 0 Å². The van der Waals surface area contributed by atoms with Crippen LogP contribution in [0.4, 0.5) is 0 Å². The summed E-state index contributed by atoms with van der Waals surface area (Å²) in [5.74, 6) is -0.172. The molecule has 1 saturated heterocycles. The molecule has 1 fully saturated rings. The summed E-state index contributed by atoms with van der Waals surface area (Å²) < 4.78 is 5.02. The number of likely N-dealkylation sites (tertiary alicyclic amines) is 1. The Balaban J connectivity index is 2.13. The molecule has 2 N–H and O–H groups in total. The van der Waals surface area contributed by atoms with Crippen LogP contribution in [-0.4, -0.2) is 48.5 Å². The molecule has 0 spiro atoms. The molecular weight excluding hydrogens is 282 g/mol. The molecular formula is C16H23N3O3. The molecule has 0 radical (unpaired) electrons. The maximum Gasteiger partial charge on any atom is 0.250 e. The Morgan fingerprint density at radius 3 is 2.86 bits per heavy atom. The first-order chi connectivity index (χ1) is 10.4. The highest BCUT2D eigenvalue weighted by Gasteiger charge is 2.30. The second kappa shape index (κ2) is 6.87. The third kappa shape index (κ3) is 3.62. The van der Waals surface area contributed by atoms with Gasteiger partial charge < -0.3 is 15.4 Å². The summed E-state index contributed by atoms with van der Waals surface area (Å²) in [6.45, 7) is 5.63. The highest BCUT2D eigenvalue weighted by Crippen LogP contribution is 2.23. The number of nitrogens with zero attached hydrogens (tertiary/aromatic N) is 2. The SMILES string of the molecule is COCCN1CC(Cc2nc(C)c(C)cc2C(N)=O)CC1=O.